The van der Waals surface area contributed by atoms with Gasteiger partial charge in [0.1, 0.15) is 0 Å². The van der Waals surface area contributed by atoms with Gasteiger partial charge in [-0.25, -0.2) is 5.48 Å². The molecular weight excluding hydrogens is 420 g/mol. The lowest BCUT2D eigenvalue weighted by Crippen LogP contribution is -2.24. The molecule has 0 saturated carbocycles. The summed E-state index contributed by atoms with van der Waals surface area (Å²) in [5.74, 6) is -0.691. The van der Waals surface area contributed by atoms with Crippen LogP contribution in [0.3, 0.4) is 0 Å². The summed E-state index contributed by atoms with van der Waals surface area (Å²) >= 11 is 0. The number of carbonyl (C=O) groups excluding carboxylic acids is 3. The Labute approximate surface area is 192 Å². The van der Waals surface area contributed by atoms with Gasteiger partial charge in [0.05, 0.1) is 17.6 Å². The number of para-hydroxylation sites is 1. The first-order valence-electron chi connectivity index (χ1n) is 11.0. The van der Waals surface area contributed by atoms with Crippen molar-refractivity contribution in [1.82, 2.24) is 15.8 Å². The summed E-state index contributed by atoms with van der Waals surface area (Å²) in [5.41, 5.74) is 4.38. The van der Waals surface area contributed by atoms with E-state index in [1.807, 2.05) is 30.3 Å². The van der Waals surface area contributed by atoms with Crippen LogP contribution in [-0.4, -0.2) is 34.5 Å². The Kier molecular flexibility index (Phi) is 8.90. The number of hydrogen-bond acceptors (Lipinski definition) is 5. The standard InChI is InChI=1S/C25H28N4O4/c30-22(29-33)10-3-1-2-4-15-27-25(32)20-13-11-18(12-14-20)17-23(31)28-21-9-5-7-19-8-6-16-26-24(19)21/h5-9,11-14,16,33H,1-4,10,15,17H2,(H,27,32)(H,28,31)(H,29,30). The van der Waals surface area contributed by atoms with E-state index in [0.717, 1.165) is 35.7 Å². The Balaban J connectivity index is 1.41. The number of amides is 3. The van der Waals surface area contributed by atoms with E-state index in [2.05, 4.69) is 15.6 Å². The van der Waals surface area contributed by atoms with E-state index in [4.69, 9.17) is 5.21 Å². The maximum Gasteiger partial charge on any atom is 0.251 e. The number of unbranched alkanes of at least 4 members (excludes halogenated alkanes) is 3. The van der Waals surface area contributed by atoms with Gasteiger partial charge in [0.15, 0.2) is 0 Å². The van der Waals surface area contributed by atoms with Crippen LogP contribution in [-0.2, 0) is 16.0 Å². The first-order valence-corrected chi connectivity index (χ1v) is 11.0. The van der Waals surface area contributed by atoms with Gasteiger partial charge in [-0.05, 0) is 42.7 Å². The van der Waals surface area contributed by atoms with Crippen LogP contribution in [0.4, 0.5) is 5.69 Å². The summed E-state index contributed by atoms with van der Waals surface area (Å²) in [5, 5.41) is 15.2. The lowest BCUT2D eigenvalue weighted by molar-refractivity contribution is -0.129. The molecule has 8 nitrogen and oxygen atoms in total. The largest absolute Gasteiger partial charge is 0.352 e. The number of rotatable bonds is 11. The van der Waals surface area contributed by atoms with Crippen molar-refractivity contribution in [2.24, 2.45) is 0 Å². The molecule has 3 amide bonds. The number of anilines is 1. The molecule has 0 aliphatic carbocycles. The Bertz CT molecular complexity index is 1090. The molecule has 8 heteroatoms. The summed E-state index contributed by atoms with van der Waals surface area (Å²) < 4.78 is 0. The number of aromatic nitrogens is 1. The fourth-order valence-electron chi connectivity index (χ4n) is 3.48. The molecule has 0 spiro atoms. The van der Waals surface area contributed by atoms with E-state index in [9.17, 15) is 14.4 Å². The second-order valence-corrected chi connectivity index (χ2v) is 7.76. The second-order valence-electron chi connectivity index (χ2n) is 7.76. The zero-order chi connectivity index (χ0) is 23.5. The van der Waals surface area contributed by atoms with E-state index in [1.165, 1.54) is 0 Å². The molecular formula is C25H28N4O4. The van der Waals surface area contributed by atoms with E-state index in [1.54, 1.807) is 35.9 Å². The molecule has 172 valence electrons. The van der Waals surface area contributed by atoms with Crippen molar-refractivity contribution in [2.75, 3.05) is 11.9 Å². The predicted molar refractivity (Wildman–Crippen MR) is 126 cm³/mol. The molecule has 3 aromatic rings. The highest BCUT2D eigenvalue weighted by Gasteiger charge is 2.09. The molecule has 0 fully saturated rings. The van der Waals surface area contributed by atoms with Crippen LogP contribution in [0.1, 0.15) is 48.0 Å². The Hall–Kier alpha value is -3.78. The van der Waals surface area contributed by atoms with Gasteiger partial charge in [-0.3, -0.25) is 24.6 Å². The third-order valence-corrected chi connectivity index (χ3v) is 5.23. The van der Waals surface area contributed by atoms with Crippen LogP contribution >= 0.6 is 0 Å². The number of pyridine rings is 1. The van der Waals surface area contributed by atoms with Crippen LogP contribution < -0.4 is 16.1 Å². The maximum absolute atomic E-state index is 12.5. The van der Waals surface area contributed by atoms with Gasteiger partial charge in [0.25, 0.3) is 5.91 Å². The minimum atomic E-state index is -0.380. The van der Waals surface area contributed by atoms with Gasteiger partial charge in [0, 0.05) is 30.1 Å². The highest BCUT2D eigenvalue weighted by atomic mass is 16.5. The number of fused-ring (bicyclic) bond motifs is 1. The summed E-state index contributed by atoms with van der Waals surface area (Å²) in [4.78, 5) is 40.0. The van der Waals surface area contributed by atoms with Crippen molar-refractivity contribution >= 4 is 34.3 Å². The number of nitrogens with zero attached hydrogens (tertiary/aromatic N) is 1. The number of hydrogen-bond donors (Lipinski definition) is 4. The van der Waals surface area contributed by atoms with Crippen molar-refractivity contribution < 1.29 is 19.6 Å². The normalized spacial score (nSPS) is 10.6. The highest BCUT2D eigenvalue weighted by Crippen LogP contribution is 2.20. The van der Waals surface area contributed by atoms with Crippen molar-refractivity contribution in [3.8, 4) is 0 Å². The second kappa shape index (κ2) is 12.3. The molecule has 0 aliphatic heterocycles. The van der Waals surface area contributed by atoms with Gasteiger partial charge < -0.3 is 10.6 Å². The molecule has 1 aromatic heterocycles. The number of nitrogens with one attached hydrogen (secondary N) is 3. The maximum atomic E-state index is 12.5. The minimum absolute atomic E-state index is 0.151. The van der Waals surface area contributed by atoms with Crippen LogP contribution in [0.2, 0.25) is 0 Å². The van der Waals surface area contributed by atoms with Crippen molar-refractivity contribution in [2.45, 2.75) is 38.5 Å². The third-order valence-electron chi connectivity index (χ3n) is 5.23. The molecule has 2 aromatic carbocycles. The molecule has 0 atom stereocenters. The highest BCUT2D eigenvalue weighted by molar-refractivity contribution is 6.01. The van der Waals surface area contributed by atoms with Gasteiger partial charge in [0.2, 0.25) is 11.8 Å². The van der Waals surface area contributed by atoms with E-state index < -0.39 is 0 Å². The van der Waals surface area contributed by atoms with Gasteiger partial charge >= 0.3 is 0 Å². The molecule has 0 bridgehead atoms. The Morgan fingerprint density at radius 1 is 0.848 bits per heavy atom. The topological polar surface area (TPSA) is 120 Å². The van der Waals surface area contributed by atoms with Crippen molar-refractivity contribution in [3.05, 3.63) is 71.9 Å². The van der Waals surface area contributed by atoms with E-state index in [-0.39, 0.29) is 24.1 Å². The molecule has 3 rings (SSSR count). The van der Waals surface area contributed by atoms with Crippen LogP contribution in [0.15, 0.2) is 60.8 Å². The molecule has 4 N–H and O–H groups in total. The fourth-order valence-corrected chi connectivity index (χ4v) is 3.48. The summed E-state index contributed by atoms with van der Waals surface area (Å²) in [6, 6.07) is 16.4. The van der Waals surface area contributed by atoms with Gasteiger partial charge in [-0.15, -0.1) is 0 Å². The third kappa shape index (κ3) is 7.40. The molecule has 0 unspecified atom stereocenters. The first-order chi connectivity index (χ1) is 16.1. The molecule has 0 saturated heterocycles. The molecule has 0 radical (unpaired) electrons. The SMILES string of the molecule is O=C(CCCCCCNC(=O)c1ccc(CC(=O)Nc2cccc3cccnc23)cc1)NO. The summed E-state index contributed by atoms with van der Waals surface area (Å²) in [7, 11) is 0. The average Bonchev–Trinajstić information content (AvgIpc) is 2.83. The van der Waals surface area contributed by atoms with Gasteiger partial charge in [-0.2, -0.15) is 0 Å². The molecule has 1 heterocycles. The Morgan fingerprint density at radius 3 is 2.39 bits per heavy atom. The monoisotopic (exact) mass is 448 g/mol. The first kappa shape index (κ1) is 23.9. The lowest BCUT2D eigenvalue weighted by atomic mass is 10.1. The predicted octanol–water partition coefficient (Wildman–Crippen LogP) is 3.60. The van der Waals surface area contributed by atoms with E-state index in [0.29, 0.717) is 30.6 Å². The van der Waals surface area contributed by atoms with Crippen LogP contribution in [0, 0.1) is 0 Å². The lowest BCUT2D eigenvalue weighted by Gasteiger charge is -2.09. The molecule has 0 aliphatic rings. The number of benzene rings is 2. The zero-order valence-electron chi connectivity index (χ0n) is 18.3. The van der Waals surface area contributed by atoms with E-state index >= 15 is 0 Å². The molecule has 33 heavy (non-hydrogen) atoms. The van der Waals surface area contributed by atoms with Gasteiger partial charge in [-0.1, -0.05) is 43.2 Å². The van der Waals surface area contributed by atoms with Crippen molar-refractivity contribution in [3.63, 3.8) is 0 Å². The zero-order valence-corrected chi connectivity index (χ0v) is 18.3. The summed E-state index contributed by atoms with van der Waals surface area (Å²) in [6.07, 6.45) is 5.45. The quantitative estimate of drug-likeness (QED) is 0.203. The number of carbonyl (C=O) groups is 3. The fraction of sp³-hybridized carbons (Fsp3) is 0.280. The minimum Gasteiger partial charge on any atom is -0.352 e. The Morgan fingerprint density at radius 2 is 1.61 bits per heavy atom. The summed E-state index contributed by atoms with van der Waals surface area (Å²) in [6.45, 7) is 0.550. The average molecular weight is 449 g/mol. The van der Waals surface area contributed by atoms with Crippen molar-refractivity contribution in [1.29, 1.82) is 0 Å². The van der Waals surface area contributed by atoms with Crippen LogP contribution in [0.5, 0.6) is 0 Å². The number of hydroxylamine groups is 1. The smallest absolute Gasteiger partial charge is 0.251 e. The van der Waals surface area contributed by atoms with Crippen LogP contribution in [0.25, 0.3) is 10.9 Å².